The average Bonchev–Trinajstić information content (AvgIpc) is 4.05. The molecule has 0 saturated heterocycles. The van der Waals surface area contributed by atoms with Gasteiger partial charge in [0.15, 0.2) is 0 Å². The quantitative estimate of drug-likeness (QED) is 0.156. The molecule has 1 atom stereocenters. The van der Waals surface area contributed by atoms with Gasteiger partial charge in [-0.05, 0) is 17.0 Å². The summed E-state index contributed by atoms with van der Waals surface area (Å²) in [7, 11) is 0. The first kappa shape index (κ1) is 38.1. The van der Waals surface area contributed by atoms with E-state index in [0.717, 1.165) is 73.8 Å². The van der Waals surface area contributed by atoms with Crippen molar-refractivity contribution >= 4 is 32.8 Å². The van der Waals surface area contributed by atoms with Gasteiger partial charge in [0, 0.05) is 6.20 Å². The number of rotatable bonds is 6. The van der Waals surface area contributed by atoms with Gasteiger partial charge in [-0.15, -0.1) is 0 Å². The summed E-state index contributed by atoms with van der Waals surface area (Å²) in [4.78, 5) is 4.87. The van der Waals surface area contributed by atoms with E-state index < -0.39 is 0 Å². The molecule has 63 heavy (non-hydrogen) atoms. The molecule has 10 aromatic rings. The third-order valence-corrected chi connectivity index (χ3v) is 14.6. The van der Waals surface area contributed by atoms with Crippen LogP contribution in [0.4, 0.5) is 0 Å². The first-order valence-electron chi connectivity index (χ1n) is 21.9. The summed E-state index contributed by atoms with van der Waals surface area (Å²) in [6.07, 6.45) is 6.32. The molecule has 0 saturated carbocycles. The van der Waals surface area contributed by atoms with E-state index in [2.05, 4.69) is 212 Å². The molecule has 0 radical (unpaired) electrons. The van der Waals surface area contributed by atoms with E-state index in [4.69, 9.17) is 9.72 Å². The Kier molecular flexibility index (Phi) is 8.78. The summed E-state index contributed by atoms with van der Waals surface area (Å²) in [5.41, 5.74) is 16.0. The number of nitrogens with zero attached hydrogens (tertiary/aromatic N) is 4. The Morgan fingerprint density at radius 2 is 1.33 bits per heavy atom. The van der Waals surface area contributed by atoms with E-state index in [9.17, 15) is 0 Å². The number of aryl methyl sites for hydroxylation is 2. The Bertz CT molecular complexity index is 3510. The van der Waals surface area contributed by atoms with Crippen molar-refractivity contribution in [3.8, 4) is 39.8 Å². The van der Waals surface area contributed by atoms with E-state index in [1.54, 1.807) is 0 Å². The number of ether oxygens (including phenoxy) is 1. The molecule has 3 heterocycles. The average molecular weight is 996 g/mol. The number of pyridine rings is 1. The third-order valence-electron chi connectivity index (χ3n) is 13.5. The zero-order valence-corrected chi connectivity index (χ0v) is 37.7. The Labute approximate surface area is 378 Å². The molecule has 6 heteroatoms. The van der Waals surface area contributed by atoms with Gasteiger partial charge in [-0.3, -0.25) is 0 Å². The maximum absolute atomic E-state index is 6.72. The second-order valence-corrected chi connectivity index (χ2v) is 19.1. The molecule has 7 aromatic carbocycles. The molecule has 0 N–H and O–H groups in total. The fourth-order valence-electron chi connectivity index (χ4n) is 10.6. The number of aromatic nitrogens is 4. The fourth-order valence-corrected chi connectivity index (χ4v) is 11.7. The summed E-state index contributed by atoms with van der Waals surface area (Å²) in [5, 5.41) is 2.25. The maximum atomic E-state index is 6.72. The summed E-state index contributed by atoms with van der Waals surface area (Å²) in [6, 6.07) is 64.1. The van der Waals surface area contributed by atoms with Crippen molar-refractivity contribution in [3.63, 3.8) is 0 Å². The van der Waals surface area contributed by atoms with Crippen LogP contribution < -0.4 is 4.74 Å². The minimum atomic E-state index is -0.0414. The van der Waals surface area contributed by atoms with Crippen LogP contribution in [0.5, 0.6) is 11.5 Å². The molecule has 0 aliphatic heterocycles. The van der Waals surface area contributed by atoms with Crippen LogP contribution in [0.3, 0.4) is 0 Å². The Morgan fingerprint density at radius 1 is 0.619 bits per heavy atom. The molecule has 0 amide bonds. The van der Waals surface area contributed by atoms with Crippen LogP contribution in [0.1, 0.15) is 61.4 Å². The van der Waals surface area contributed by atoms with Gasteiger partial charge in [-0.2, -0.15) is 0 Å². The van der Waals surface area contributed by atoms with E-state index >= 15 is 0 Å². The van der Waals surface area contributed by atoms with Crippen molar-refractivity contribution in [1.82, 2.24) is 18.7 Å². The van der Waals surface area contributed by atoms with Crippen LogP contribution in [0.15, 0.2) is 164 Å². The van der Waals surface area contributed by atoms with Gasteiger partial charge in [-0.1, -0.05) is 32.9 Å². The van der Waals surface area contributed by atoms with Crippen molar-refractivity contribution < 1.29 is 24.1 Å². The monoisotopic (exact) mass is 995 g/mol. The number of hydrogen-bond donors (Lipinski definition) is 0. The molecule has 2 aliphatic rings. The summed E-state index contributed by atoms with van der Waals surface area (Å²) >= 11 is 2.55. The number of fused-ring (bicyclic) bond motifs is 8. The van der Waals surface area contributed by atoms with Gasteiger partial charge in [0.1, 0.15) is 0 Å². The van der Waals surface area contributed by atoms with Crippen LogP contribution in [0.25, 0.3) is 61.2 Å². The fraction of sp³-hybridized carbons (Fsp3) is 0.158. The zero-order valence-electron chi connectivity index (χ0n) is 35.4. The normalized spacial score (nSPS) is 15.8. The van der Waals surface area contributed by atoms with Crippen LogP contribution in [0.2, 0.25) is 0 Å². The molecule has 0 bridgehead atoms. The number of benzene rings is 7. The number of hydrogen-bond acceptors (Lipinski definition) is 2. The third kappa shape index (κ3) is 6.00. The predicted molar refractivity (Wildman–Crippen MR) is 250 cm³/mol. The number of para-hydroxylation sites is 3. The number of imidazole rings is 1. The van der Waals surface area contributed by atoms with Crippen LogP contribution in [-0.2, 0) is 43.0 Å². The van der Waals surface area contributed by atoms with Crippen molar-refractivity contribution in [2.24, 2.45) is 0 Å². The predicted octanol–water partition coefficient (Wildman–Crippen LogP) is 13.5. The summed E-state index contributed by atoms with van der Waals surface area (Å²) in [6.45, 7) is 6.70. The van der Waals surface area contributed by atoms with Crippen molar-refractivity contribution in [2.45, 2.75) is 57.3 Å². The summed E-state index contributed by atoms with van der Waals surface area (Å²) in [5.74, 6) is 2.09. The molecule has 0 fully saturated rings. The van der Waals surface area contributed by atoms with E-state index in [1.165, 1.54) is 44.6 Å². The Balaban J connectivity index is 1.01. The summed E-state index contributed by atoms with van der Waals surface area (Å²) < 4.78 is 14.9. The minimum absolute atomic E-state index is 0.0207. The van der Waals surface area contributed by atoms with E-state index in [0.29, 0.717) is 11.5 Å². The van der Waals surface area contributed by atoms with Gasteiger partial charge < -0.3 is 0 Å². The van der Waals surface area contributed by atoms with Gasteiger partial charge in [0.05, 0.1) is 0 Å². The SMILES string of the molecule is CC(C)(C)c1ccnc(-n2c3[c-]c(Oc4[c-]c(-n5[c](=[Pt])n(-c6c(-c7ccccc7)ccc7c6C6(CCc8ccccc86)CC7)c6ccccc65)ccc4)ccc3c3ccccc32)c1. The van der Waals surface area contributed by atoms with Crippen LogP contribution >= 0.6 is 0 Å². The molecular formula is C57H44N4OPt-2. The first-order valence-corrected chi connectivity index (χ1v) is 23.0. The first-order chi connectivity index (χ1) is 30.8. The second kappa shape index (κ2) is 14.5. The van der Waals surface area contributed by atoms with Crippen molar-refractivity contribution in [2.75, 3.05) is 0 Å². The zero-order chi connectivity index (χ0) is 42.5. The van der Waals surface area contributed by atoms with E-state index in [-0.39, 0.29) is 10.8 Å². The molecule has 5 nitrogen and oxygen atoms in total. The van der Waals surface area contributed by atoms with Gasteiger partial charge in [0.2, 0.25) is 0 Å². The molecular weight excluding hydrogens is 952 g/mol. The molecule has 1 spiro atoms. The topological polar surface area (TPSA) is 36.9 Å². The second-order valence-electron chi connectivity index (χ2n) is 18.1. The molecule has 310 valence electrons. The van der Waals surface area contributed by atoms with Crippen LogP contribution in [-0.4, -0.2) is 18.7 Å². The molecule has 1 unspecified atom stereocenters. The van der Waals surface area contributed by atoms with E-state index in [1.807, 2.05) is 18.3 Å². The standard InChI is InChI=1S/C57H44N4O.Pt/c1-56(2,3)41-30-33-58-53(34-41)61-49-21-10-8-19-46(49)47-27-25-44(36-52(47)61)62-43-18-13-17-42(35-43)59-37-60(51-23-12-11-22-50(51)59)55-45(38-14-5-4-6-15-38)26-24-40-29-32-57(54(40)55)31-28-39-16-7-9-20-48(39)57;/h4-27,30,33-34H,28-29,31-32H2,1-3H3;/q-2;. The Morgan fingerprint density at radius 3 is 2.16 bits per heavy atom. The van der Waals surface area contributed by atoms with Gasteiger partial charge >= 0.3 is 324 Å². The molecule has 2 aliphatic carbocycles. The Hall–Kier alpha value is -6.55. The van der Waals surface area contributed by atoms with Crippen LogP contribution in [0, 0.1) is 15.9 Å². The van der Waals surface area contributed by atoms with Gasteiger partial charge in [-0.25, -0.2) is 0 Å². The molecule has 3 aromatic heterocycles. The molecule has 12 rings (SSSR count). The van der Waals surface area contributed by atoms with Crippen molar-refractivity contribution in [3.05, 3.63) is 208 Å². The van der Waals surface area contributed by atoms with Crippen molar-refractivity contribution in [1.29, 1.82) is 0 Å². The van der Waals surface area contributed by atoms with Gasteiger partial charge in [0.25, 0.3) is 0 Å².